The molecule has 1 heterocycles. The summed E-state index contributed by atoms with van der Waals surface area (Å²) in [6.07, 6.45) is 0.971. The molecule has 0 aliphatic rings. The topological polar surface area (TPSA) is 29.3 Å². The third kappa shape index (κ3) is 3.54. The van der Waals surface area contributed by atoms with Crippen LogP contribution in [-0.4, -0.2) is 22.0 Å². The van der Waals surface area contributed by atoms with E-state index >= 15 is 0 Å². The molecule has 0 spiro atoms. The minimum absolute atomic E-state index is 0.206. The molecule has 0 bridgehead atoms. The molecule has 1 aromatic heterocycles. The smallest absolute Gasteiger partial charge is 0.0902 e. The summed E-state index contributed by atoms with van der Waals surface area (Å²) in [5, 5.41) is 2.11. The Labute approximate surface area is 107 Å². The highest BCUT2D eigenvalue weighted by Gasteiger charge is 2.22. The van der Waals surface area contributed by atoms with E-state index in [4.69, 9.17) is 18.0 Å². The van der Waals surface area contributed by atoms with E-state index in [2.05, 4.69) is 43.2 Å². The van der Waals surface area contributed by atoms with Crippen LogP contribution in [-0.2, 0) is 6.54 Å². The summed E-state index contributed by atoms with van der Waals surface area (Å²) in [4.78, 5) is 4.34. The van der Waals surface area contributed by atoms with Gasteiger partial charge in [0.25, 0.3) is 0 Å². The highest BCUT2D eigenvalue weighted by atomic mass is 32.1. The molecule has 0 aliphatic heterocycles. The number of hydrogen-bond acceptors (Lipinski definition) is 3. The molecule has 2 N–H and O–H groups in total. The molecule has 0 saturated heterocycles. The first-order chi connectivity index (χ1) is 7.56. The third-order valence-electron chi connectivity index (χ3n) is 2.70. The Hall–Kier alpha value is -0.450. The first-order valence-corrected chi connectivity index (χ1v) is 6.92. The van der Waals surface area contributed by atoms with Crippen LogP contribution in [0.4, 0.5) is 0 Å². The van der Waals surface area contributed by atoms with E-state index in [1.165, 1.54) is 4.88 Å². The highest BCUT2D eigenvalue weighted by Crippen LogP contribution is 2.18. The van der Waals surface area contributed by atoms with Gasteiger partial charge in [-0.3, -0.25) is 4.90 Å². The van der Waals surface area contributed by atoms with E-state index in [-0.39, 0.29) is 6.04 Å². The summed E-state index contributed by atoms with van der Waals surface area (Å²) in [6, 6.07) is 4.90. The zero-order chi connectivity index (χ0) is 12.1. The lowest BCUT2D eigenvalue weighted by atomic mass is 10.1. The Bertz CT molecular complexity index is 320. The van der Waals surface area contributed by atoms with Crippen molar-refractivity contribution < 1.29 is 0 Å². The van der Waals surface area contributed by atoms with Gasteiger partial charge in [0.1, 0.15) is 0 Å². The minimum Gasteiger partial charge on any atom is -0.392 e. The van der Waals surface area contributed by atoms with Crippen LogP contribution in [0.3, 0.4) is 0 Å². The predicted molar refractivity (Wildman–Crippen MR) is 75.9 cm³/mol. The molecule has 0 radical (unpaired) electrons. The molecule has 2 nitrogen and oxygen atoms in total. The van der Waals surface area contributed by atoms with Gasteiger partial charge in [-0.05, 0) is 31.7 Å². The summed E-state index contributed by atoms with van der Waals surface area (Å²) < 4.78 is 0. The summed E-state index contributed by atoms with van der Waals surface area (Å²) >= 11 is 6.93. The van der Waals surface area contributed by atoms with Gasteiger partial charge in [-0.25, -0.2) is 0 Å². The van der Waals surface area contributed by atoms with E-state index in [9.17, 15) is 0 Å². The zero-order valence-corrected chi connectivity index (χ0v) is 11.8. The fraction of sp³-hybridized carbons (Fsp3) is 0.583. The lowest BCUT2D eigenvalue weighted by Crippen LogP contribution is -2.46. The van der Waals surface area contributed by atoms with Crippen LogP contribution in [0.5, 0.6) is 0 Å². The first kappa shape index (κ1) is 13.6. The van der Waals surface area contributed by atoms with Crippen LogP contribution in [0, 0.1) is 0 Å². The lowest BCUT2D eigenvalue weighted by Gasteiger charge is -2.33. The monoisotopic (exact) mass is 256 g/mol. The van der Waals surface area contributed by atoms with E-state index in [0.29, 0.717) is 11.0 Å². The molecular weight excluding hydrogens is 236 g/mol. The molecule has 0 fully saturated rings. The van der Waals surface area contributed by atoms with E-state index in [1.54, 1.807) is 11.3 Å². The van der Waals surface area contributed by atoms with Crippen LogP contribution in [0.25, 0.3) is 0 Å². The number of thiophene rings is 1. The van der Waals surface area contributed by atoms with Crippen LogP contribution in [0.15, 0.2) is 17.5 Å². The van der Waals surface area contributed by atoms with Crippen molar-refractivity contribution in [3.63, 3.8) is 0 Å². The Kier molecular flexibility index (Phi) is 5.38. The minimum atomic E-state index is 0.206. The summed E-state index contributed by atoms with van der Waals surface area (Å²) in [6.45, 7) is 7.45. The van der Waals surface area contributed by atoms with Gasteiger partial charge in [0.15, 0.2) is 0 Å². The van der Waals surface area contributed by atoms with Crippen molar-refractivity contribution in [3.05, 3.63) is 22.4 Å². The standard InChI is InChI=1S/C12H20N2S2/c1-4-11(12(13)15)14(9(2)3)8-10-6-5-7-16-10/h5-7,9,11H,4,8H2,1-3H3,(H2,13,15). The second-order valence-corrected chi connectivity index (χ2v) is 5.68. The number of rotatable bonds is 6. The molecule has 0 aliphatic carbocycles. The molecule has 0 aromatic carbocycles. The van der Waals surface area contributed by atoms with E-state index < -0.39 is 0 Å². The van der Waals surface area contributed by atoms with Crippen molar-refractivity contribution in [2.45, 2.75) is 45.8 Å². The summed E-state index contributed by atoms with van der Waals surface area (Å²) in [5.74, 6) is 0. The Morgan fingerprint density at radius 1 is 1.56 bits per heavy atom. The van der Waals surface area contributed by atoms with Crippen molar-refractivity contribution >= 4 is 28.5 Å². The van der Waals surface area contributed by atoms with Crippen LogP contribution >= 0.6 is 23.6 Å². The van der Waals surface area contributed by atoms with E-state index in [1.807, 2.05) is 0 Å². The van der Waals surface area contributed by atoms with Gasteiger partial charge < -0.3 is 5.73 Å². The molecule has 16 heavy (non-hydrogen) atoms. The van der Waals surface area contributed by atoms with Gasteiger partial charge in [-0.15, -0.1) is 11.3 Å². The van der Waals surface area contributed by atoms with Crippen LogP contribution in [0.1, 0.15) is 32.1 Å². The van der Waals surface area contributed by atoms with Crippen molar-refractivity contribution in [1.29, 1.82) is 0 Å². The molecule has 4 heteroatoms. The molecule has 0 saturated carbocycles. The molecule has 1 aromatic rings. The van der Waals surface area contributed by atoms with Crippen molar-refractivity contribution in [2.75, 3.05) is 0 Å². The predicted octanol–water partition coefficient (Wildman–Crippen LogP) is 3.02. The zero-order valence-electron chi connectivity index (χ0n) is 10.1. The Balaban J connectivity index is 2.77. The fourth-order valence-electron chi connectivity index (χ4n) is 1.83. The Morgan fingerprint density at radius 2 is 2.25 bits per heavy atom. The molecule has 0 amide bonds. The Morgan fingerprint density at radius 3 is 2.62 bits per heavy atom. The normalized spacial score (nSPS) is 13.3. The maximum atomic E-state index is 5.81. The maximum absolute atomic E-state index is 5.81. The van der Waals surface area contributed by atoms with Gasteiger partial charge in [0.2, 0.25) is 0 Å². The van der Waals surface area contributed by atoms with Crippen molar-refractivity contribution in [1.82, 2.24) is 4.90 Å². The maximum Gasteiger partial charge on any atom is 0.0902 e. The van der Waals surface area contributed by atoms with Crippen molar-refractivity contribution in [2.24, 2.45) is 5.73 Å². The fourth-order valence-corrected chi connectivity index (χ4v) is 2.85. The first-order valence-electron chi connectivity index (χ1n) is 5.63. The molecule has 1 atom stereocenters. The van der Waals surface area contributed by atoms with E-state index in [0.717, 1.165) is 13.0 Å². The second kappa shape index (κ2) is 6.33. The third-order valence-corrected chi connectivity index (χ3v) is 3.83. The summed E-state index contributed by atoms with van der Waals surface area (Å²) in [7, 11) is 0. The highest BCUT2D eigenvalue weighted by molar-refractivity contribution is 7.80. The quantitative estimate of drug-likeness (QED) is 0.793. The van der Waals surface area contributed by atoms with Gasteiger partial charge in [-0.2, -0.15) is 0 Å². The van der Waals surface area contributed by atoms with Gasteiger partial charge in [-0.1, -0.05) is 25.2 Å². The SMILES string of the molecule is CCC(C(N)=S)N(Cc1cccs1)C(C)C. The number of nitrogens with zero attached hydrogens (tertiary/aromatic N) is 1. The van der Waals surface area contributed by atoms with Crippen LogP contribution < -0.4 is 5.73 Å². The van der Waals surface area contributed by atoms with Crippen molar-refractivity contribution in [3.8, 4) is 0 Å². The lowest BCUT2D eigenvalue weighted by molar-refractivity contribution is 0.182. The van der Waals surface area contributed by atoms with Gasteiger partial charge >= 0.3 is 0 Å². The molecular formula is C12H20N2S2. The molecule has 90 valence electrons. The van der Waals surface area contributed by atoms with Gasteiger partial charge in [0, 0.05) is 17.5 Å². The average Bonchev–Trinajstić information content (AvgIpc) is 2.69. The van der Waals surface area contributed by atoms with Gasteiger partial charge in [0.05, 0.1) is 11.0 Å². The number of thiocarbonyl (C=S) groups is 1. The largest absolute Gasteiger partial charge is 0.392 e. The summed E-state index contributed by atoms with van der Waals surface area (Å²) in [5.41, 5.74) is 5.81. The molecule has 1 rings (SSSR count). The molecule has 1 unspecified atom stereocenters. The second-order valence-electron chi connectivity index (χ2n) is 4.17. The number of nitrogens with two attached hydrogens (primary N) is 1. The number of hydrogen-bond donors (Lipinski definition) is 1. The van der Waals surface area contributed by atoms with Crippen LogP contribution in [0.2, 0.25) is 0 Å². The average molecular weight is 256 g/mol.